The summed E-state index contributed by atoms with van der Waals surface area (Å²) in [6.45, 7) is 1.45. The Kier molecular flexibility index (Phi) is 6.52. The van der Waals surface area contributed by atoms with E-state index in [2.05, 4.69) is 16.7 Å². The van der Waals surface area contributed by atoms with Crippen molar-refractivity contribution < 1.29 is 23.5 Å². The van der Waals surface area contributed by atoms with Crippen molar-refractivity contribution in [2.24, 2.45) is 0 Å². The van der Waals surface area contributed by atoms with Crippen LogP contribution in [0.2, 0.25) is 0 Å². The quantitative estimate of drug-likeness (QED) is 0.705. The van der Waals surface area contributed by atoms with Gasteiger partial charge in [0.15, 0.2) is 11.9 Å². The van der Waals surface area contributed by atoms with Crippen molar-refractivity contribution >= 4 is 23.5 Å². The van der Waals surface area contributed by atoms with E-state index in [4.69, 9.17) is 9.15 Å². The number of nitrogens with one attached hydrogen (secondary N) is 2. The second-order valence-corrected chi connectivity index (χ2v) is 7.27. The summed E-state index contributed by atoms with van der Waals surface area (Å²) in [6.07, 6.45) is 4.20. The van der Waals surface area contributed by atoms with E-state index in [-0.39, 0.29) is 17.0 Å². The number of carbonyl (C=O) groups excluding carboxylic acids is 3. The number of carbonyl (C=O) groups is 3. The number of furan rings is 1. The Hall–Kier alpha value is -3.60. The van der Waals surface area contributed by atoms with Gasteiger partial charge in [-0.3, -0.25) is 9.59 Å². The van der Waals surface area contributed by atoms with Crippen LogP contribution in [0.4, 0.5) is 5.69 Å². The van der Waals surface area contributed by atoms with E-state index in [0.717, 1.165) is 19.3 Å². The third-order valence-corrected chi connectivity index (χ3v) is 5.08. The van der Waals surface area contributed by atoms with Crippen LogP contribution in [0, 0.1) is 11.3 Å². The summed E-state index contributed by atoms with van der Waals surface area (Å²) in [6, 6.07) is 11.6. The standard InChI is InChI=1S/C22H23N3O5/c1-15(19(26)25-22(14-23)11-5-2-6-12-22)30-21(28)16-8-3-4-9-17(16)24-20(27)18-10-7-13-29-18/h3-4,7-10,13,15H,2,5-6,11-12H2,1H3,(H,24,27)(H,25,26)/t15-/m0/s1. The van der Waals surface area contributed by atoms with Crippen molar-refractivity contribution in [1.82, 2.24) is 5.32 Å². The minimum absolute atomic E-state index is 0.0974. The van der Waals surface area contributed by atoms with Crippen LogP contribution in [0.1, 0.15) is 59.9 Å². The number of rotatable bonds is 6. The largest absolute Gasteiger partial charge is 0.459 e. The third kappa shape index (κ3) is 4.87. The van der Waals surface area contributed by atoms with Crippen LogP contribution >= 0.6 is 0 Å². The van der Waals surface area contributed by atoms with Gasteiger partial charge >= 0.3 is 5.97 Å². The summed E-state index contributed by atoms with van der Waals surface area (Å²) in [5.41, 5.74) is -0.577. The molecule has 8 heteroatoms. The van der Waals surface area contributed by atoms with Gasteiger partial charge in [-0.2, -0.15) is 5.26 Å². The molecular weight excluding hydrogens is 386 g/mol. The number of esters is 1. The second kappa shape index (κ2) is 9.27. The van der Waals surface area contributed by atoms with Crippen molar-refractivity contribution in [3.8, 4) is 6.07 Å². The summed E-state index contributed by atoms with van der Waals surface area (Å²) in [4.78, 5) is 37.4. The van der Waals surface area contributed by atoms with Crippen LogP contribution in [-0.4, -0.2) is 29.4 Å². The Labute approximate surface area is 174 Å². The molecule has 156 valence electrons. The molecule has 2 N–H and O–H groups in total. The first kappa shape index (κ1) is 21.1. The maximum Gasteiger partial charge on any atom is 0.341 e. The number of nitrogens with zero attached hydrogens (tertiary/aromatic N) is 1. The zero-order valence-electron chi connectivity index (χ0n) is 16.6. The molecule has 0 radical (unpaired) electrons. The average Bonchev–Trinajstić information content (AvgIpc) is 3.30. The summed E-state index contributed by atoms with van der Waals surface area (Å²) in [5.74, 6) is -1.70. The molecule has 1 saturated carbocycles. The number of hydrogen-bond acceptors (Lipinski definition) is 6. The Bertz CT molecular complexity index is 955. The molecule has 2 amide bonds. The molecule has 1 aromatic carbocycles. The number of anilines is 1. The van der Waals surface area contributed by atoms with Crippen LogP contribution in [-0.2, 0) is 9.53 Å². The Balaban J connectivity index is 1.66. The normalized spacial score (nSPS) is 16.0. The summed E-state index contributed by atoms with van der Waals surface area (Å²) in [7, 11) is 0. The van der Waals surface area contributed by atoms with Gasteiger partial charge in [-0.15, -0.1) is 0 Å². The van der Waals surface area contributed by atoms with Gasteiger partial charge in [0.25, 0.3) is 11.8 Å². The van der Waals surface area contributed by atoms with E-state index in [1.807, 2.05) is 0 Å². The molecule has 1 heterocycles. The predicted molar refractivity (Wildman–Crippen MR) is 108 cm³/mol. The number of benzene rings is 1. The summed E-state index contributed by atoms with van der Waals surface area (Å²) >= 11 is 0. The fourth-order valence-electron chi connectivity index (χ4n) is 3.40. The number of para-hydroxylation sites is 1. The van der Waals surface area contributed by atoms with Crippen molar-refractivity contribution in [2.45, 2.75) is 50.7 Å². The lowest BCUT2D eigenvalue weighted by Gasteiger charge is -2.32. The Morgan fingerprint density at radius 1 is 1.13 bits per heavy atom. The Morgan fingerprint density at radius 2 is 1.87 bits per heavy atom. The van der Waals surface area contributed by atoms with Crippen molar-refractivity contribution in [1.29, 1.82) is 5.26 Å². The number of nitriles is 1. The van der Waals surface area contributed by atoms with Gasteiger partial charge in [-0.05, 0) is 44.0 Å². The molecule has 0 saturated heterocycles. The number of hydrogen-bond donors (Lipinski definition) is 2. The van der Waals surface area contributed by atoms with Gasteiger partial charge in [-0.1, -0.05) is 31.4 Å². The first-order valence-corrected chi connectivity index (χ1v) is 9.82. The predicted octanol–water partition coefficient (Wildman–Crippen LogP) is 3.42. The lowest BCUT2D eigenvalue weighted by molar-refractivity contribution is -0.130. The van der Waals surface area contributed by atoms with Gasteiger partial charge in [0.05, 0.1) is 23.6 Å². The lowest BCUT2D eigenvalue weighted by atomic mass is 9.83. The summed E-state index contributed by atoms with van der Waals surface area (Å²) < 4.78 is 10.4. The van der Waals surface area contributed by atoms with Crippen LogP contribution in [0.25, 0.3) is 0 Å². The van der Waals surface area contributed by atoms with E-state index < -0.39 is 29.4 Å². The van der Waals surface area contributed by atoms with Crippen LogP contribution in [0.5, 0.6) is 0 Å². The van der Waals surface area contributed by atoms with Gasteiger partial charge in [-0.25, -0.2) is 4.79 Å². The highest BCUT2D eigenvalue weighted by atomic mass is 16.5. The molecule has 1 aliphatic rings. The fourth-order valence-corrected chi connectivity index (χ4v) is 3.40. The van der Waals surface area contributed by atoms with Crippen LogP contribution in [0.3, 0.4) is 0 Å². The van der Waals surface area contributed by atoms with Gasteiger partial charge < -0.3 is 19.8 Å². The zero-order valence-corrected chi connectivity index (χ0v) is 16.6. The maximum absolute atomic E-state index is 12.6. The highest BCUT2D eigenvalue weighted by molar-refractivity contribution is 6.07. The molecule has 1 fully saturated rings. The molecule has 0 bridgehead atoms. The van der Waals surface area contributed by atoms with Gasteiger partial charge in [0.2, 0.25) is 0 Å². The molecule has 0 unspecified atom stereocenters. The maximum atomic E-state index is 12.6. The van der Waals surface area contributed by atoms with E-state index in [0.29, 0.717) is 12.8 Å². The first-order chi connectivity index (χ1) is 14.4. The van der Waals surface area contributed by atoms with Gasteiger partial charge in [0.1, 0.15) is 5.54 Å². The number of amides is 2. The zero-order chi connectivity index (χ0) is 21.6. The topological polar surface area (TPSA) is 121 Å². The minimum atomic E-state index is -1.10. The molecule has 3 rings (SSSR count). The highest BCUT2D eigenvalue weighted by Crippen LogP contribution is 2.27. The number of ether oxygens (including phenoxy) is 1. The Morgan fingerprint density at radius 3 is 2.53 bits per heavy atom. The molecule has 1 aliphatic carbocycles. The average molecular weight is 409 g/mol. The van der Waals surface area contributed by atoms with E-state index in [1.165, 1.54) is 25.3 Å². The monoisotopic (exact) mass is 409 g/mol. The molecule has 1 aromatic heterocycles. The molecule has 2 aromatic rings. The van der Waals surface area contributed by atoms with Crippen LogP contribution in [0.15, 0.2) is 47.1 Å². The van der Waals surface area contributed by atoms with E-state index in [1.54, 1.807) is 24.3 Å². The SMILES string of the molecule is C[C@H](OC(=O)c1ccccc1NC(=O)c1ccco1)C(=O)NC1(C#N)CCCCC1. The molecule has 0 spiro atoms. The second-order valence-electron chi connectivity index (χ2n) is 7.27. The van der Waals surface area contributed by atoms with Gasteiger partial charge in [0, 0.05) is 0 Å². The van der Waals surface area contributed by atoms with E-state index >= 15 is 0 Å². The lowest BCUT2D eigenvalue weighted by Crippen LogP contribution is -2.52. The minimum Gasteiger partial charge on any atom is -0.459 e. The van der Waals surface area contributed by atoms with Crippen molar-refractivity contribution in [3.05, 3.63) is 54.0 Å². The van der Waals surface area contributed by atoms with E-state index in [9.17, 15) is 19.6 Å². The molecule has 30 heavy (non-hydrogen) atoms. The molecular formula is C22H23N3O5. The fraction of sp³-hybridized carbons (Fsp3) is 0.364. The molecule has 0 aliphatic heterocycles. The first-order valence-electron chi connectivity index (χ1n) is 9.82. The van der Waals surface area contributed by atoms with Crippen molar-refractivity contribution in [2.75, 3.05) is 5.32 Å². The van der Waals surface area contributed by atoms with Crippen LogP contribution < -0.4 is 10.6 Å². The highest BCUT2D eigenvalue weighted by Gasteiger charge is 2.35. The van der Waals surface area contributed by atoms with Crippen molar-refractivity contribution in [3.63, 3.8) is 0 Å². The molecule has 8 nitrogen and oxygen atoms in total. The smallest absolute Gasteiger partial charge is 0.341 e. The summed E-state index contributed by atoms with van der Waals surface area (Å²) in [5, 5.41) is 14.9. The molecule has 1 atom stereocenters. The third-order valence-electron chi connectivity index (χ3n) is 5.08.